The van der Waals surface area contributed by atoms with Crippen LogP contribution in [0.5, 0.6) is 0 Å². The Bertz CT molecular complexity index is 951. The van der Waals surface area contributed by atoms with Gasteiger partial charge in [-0.1, -0.05) is 49.4 Å². The summed E-state index contributed by atoms with van der Waals surface area (Å²) in [5.74, 6) is 1.12. The summed E-state index contributed by atoms with van der Waals surface area (Å²) in [4.78, 5) is 30.8. The van der Waals surface area contributed by atoms with Gasteiger partial charge in [-0.05, 0) is 36.1 Å². The Morgan fingerprint density at radius 2 is 1.82 bits per heavy atom. The van der Waals surface area contributed by atoms with Gasteiger partial charge in [0.05, 0.1) is 0 Å². The molecule has 184 valence electrons. The maximum absolute atomic E-state index is 12.4. The molecule has 0 aromatic heterocycles. The number of rotatable bonds is 10. The Labute approximate surface area is 219 Å². The van der Waals surface area contributed by atoms with Gasteiger partial charge in [0.15, 0.2) is 5.96 Å². The molecule has 0 radical (unpaired) electrons. The molecular weight excluding hydrogens is 541 g/mol. The van der Waals surface area contributed by atoms with Gasteiger partial charge in [0.25, 0.3) is 5.91 Å². The van der Waals surface area contributed by atoms with Crippen LogP contribution in [0.3, 0.4) is 0 Å². The molecule has 1 aliphatic heterocycles. The highest BCUT2D eigenvalue weighted by molar-refractivity contribution is 14.0. The van der Waals surface area contributed by atoms with E-state index in [1.165, 1.54) is 5.56 Å². The number of halogens is 1. The Balaban J connectivity index is 0.00000408. The molecule has 34 heavy (non-hydrogen) atoms. The van der Waals surface area contributed by atoms with Crippen LogP contribution in [-0.4, -0.2) is 55.9 Å². The van der Waals surface area contributed by atoms with Crippen molar-refractivity contribution in [3.05, 3.63) is 71.3 Å². The number of hydrogen-bond donors (Lipinski definition) is 3. The predicted molar refractivity (Wildman–Crippen MR) is 148 cm³/mol. The molecule has 0 spiro atoms. The third-order valence-electron chi connectivity index (χ3n) is 5.77. The van der Waals surface area contributed by atoms with E-state index in [0.717, 1.165) is 31.5 Å². The number of guanidine groups is 1. The molecule has 2 aromatic rings. The van der Waals surface area contributed by atoms with Crippen LogP contribution in [0.2, 0.25) is 0 Å². The predicted octanol–water partition coefficient (Wildman–Crippen LogP) is 3.20. The molecule has 0 bridgehead atoms. The second kappa shape index (κ2) is 14.6. The first-order valence-corrected chi connectivity index (χ1v) is 11.7. The molecule has 1 heterocycles. The molecule has 3 N–H and O–H groups in total. The fraction of sp³-hybridized carbons (Fsp3) is 0.423. The summed E-state index contributed by atoms with van der Waals surface area (Å²) >= 11 is 0. The van der Waals surface area contributed by atoms with Gasteiger partial charge in [0.2, 0.25) is 5.91 Å². The highest BCUT2D eigenvalue weighted by Crippen LogP contribution is 2.17. The van der Waals surface area contributed by atoms with Gasteiger partial charge in [0.1, 0.15) is 0 Å². The van der Waals surface area contributed by atoms with Crippen LogP contribution in [-0.2, 0) is 17.8 Å². The van der Waals surface area contributed by atoms with Crippen LogP contribution in [0.1, 0.15) is 41.3 Å². The molecule has 1 saturated heterocycles. The van der Waals surface area contributed by atoms with Crippen molar-refractivity contribution in [1.82, 2.24) is 20.9 Å². The van der Waals surface area contributed by atoms with Crippen LogP contribution in [0.15, 0.2) is 59.6 Å². The number of nitrogens with one attached hydrogen (secondary N) is 3. The first-order valence-electron chi connectivity index (χ1n) is 11.7. The Morgan fingerprint density at radius 3 is 2.56 bits per heavy atom. The highest BCUT2D eigenvalue weighted by atomic mass is 127. The molecule has 1 atom stereocenters. The lowest BCUT2D eigenvalue weighted by Crippen LogP contribution is -2.40. The van der Waals surface area contributed by atoms with E-state index in [9.17, 15) is 9.59 Å². The molecule has 2 amide bonds. The monoisotopic (exact) mass is 577 g/mol. The van der Waals surface area contributed by atoms with E-state index in [2.05, 4.69) is 33.1 Å². The molecule has 0 aliphatic carbocycles. The minimum Gasteiger partial charge on any atom is -0.356 e. The number of amides is 2. The van der Waals surface area contributed by atoms with E-state index >= 15 is 0 Å². The minimum atomic E-state index is -0.0519. The number of likely N-dealkylation sites (tertiary alicyclic amines) is 1. The normalized spacial score (nSPS) is 15.6. The molecular formula is C26H36IN5O2. The topological polar surface area (TPSA) is 85.8 Å². The third-order valence-corrected chi connectivity index (χ3v) is 5.77. The van der Waals surface area contributed by atoms with Crippen molar-refractivity contribution in [3.63, 3.8) is 0 Å². The van der Waals surface area contributed by atoms with Gasteiger partial charge in [-0.3, -0.25) is 14.6 Å². The van der Waals surface area contributed by atoms with E-state index in [0.29, 0.717) is 37.6 Å². The molecule has 1 unspecified atom stereocenters. The standard InChI is InChI=1S/C26H35N5O2.HI/c1-3-13-28-25(33)23-11-7-10-21(15-23)17-29-26(27-2)30-18-22-16-24(32)31(19-22)14-12-20-8-5-4-6-9-20;/h4-11,15,22H,3,12-14,16-19H2,1-2H3,(H,28,33)(H2,27,29,30);1H. The number of aliphatic imine (C=N–C) groups is 1. The number of hydrogen-bond acceptors (Lipinski definition) is 3. The van der Waals surface area contributed by atoms with Gasteiger partial charge in [-0.15, -0.1) is 24.0 Å². The molecule has 1 fully saturated rings. The first-order chi connectivity index (χ1) is 16.1. The average Bonchev–Trinajstić information content (AvgIpc) is 3.21. The number of carbonyl (C=O) groups excluding carboxylic acids is 2. The molecule has 2 aromatic carbocycles. The van der Waals surface area contributed by atoms with Gasteiger partial charge in [-0.25, -0.2) is 0 Å². The van der Waals surface area contributed by atoms with Crippen molar-refractivity contribution >= 4 is 41.8 Å². The van der Waals surface area contributed by atoms with Crippen molar-refractivity contribution in [2.75, 3.05) is 33.2 Å². The van der Waals surface area contributed by atoms with Gasteiger partial charge < -0.3 is 20.9 Å². The Kier molecular flexibility index (Phi) is 11.9. The van der Waals surface area contributed by atoms with E-state index in [1.807, 2.05) is 54.3 Å². The average molecular weight is 578 g/mol. The number of nitrogens with zero attached hydrogens (tertiary/aromatic N) is 2. The van der Waals surface area contributed by atoms with Crippen LogP contribution in [0, 0.1) is 5.92 Å². The third kappa shape index (κ3) is 8.62. The second-order valence-electron chi connectivity index (χ2n) is 8.41. The molecule has 7 nitrogen and oxygen atoms in total. The number of carbonyl (C=O) groups is 2. The van der Waals surface area contributed by atoms with Crippen LogP contribution >= 0.6 is 24.0 Å². The van der Waals surface area contributed by atoms with Gasteiger partial charge >= 0.3 is 0 Å². The molecule has 1 aliphatic rings. The second-order valence-corrected chi connectivity index (χ2v) is 8.41. The van der Waals surface area contributed by atoms with Crippen molar-refractivity contribution in [2.24, 2.45) is 10.9 Å². The number of benzene rings is 2. The zero-order chi connectivity index (χ0) is 23.5. The van der Waals surface area contributed by atoms with Gasteiger partial charge in [-0.2, -0.15) is 0 Å². The largest absolute Gasteiger partial charge is 0.356 e. The van der Waals surface area contributed by atoms with E-state index in [1.54, 1.807) is 7.05 Å². The Morgan fingerprint density at radius 1 is 1.06 bits per heavy atom. The molecule has 8 heteroatoms. The first kappa shape index (κ1) is 27.6. The summed E-state index contributed by atoms with van der Waals surface area (Å²) in [6.45, 7) is 5.47. The lowest BCUT2D eigenvalue weighted by atomic mass is 10.1. The van der Waals surface area contributed by atoms with E-state index in [-0.39, 0.29) is 41.7 Å². The van der Waals surface area contributed by atoms with E-state index < -0.39 is 0 Å². The minimum absolute atomic E-state index is 0. The van der Waals surface area contributed by atoms with Crippen LogP contribution in [0.25, 0.3) is 0 Å². The fourth-order valence-corrected chi connectivity index (χ4v) is 3.93. The van der Waals surface area contributed by atoms with Crippen molar-refractivity contribution in [2.45, 2.75) is 32.7 Å². The lowest BCUT2D eigenvalue weighted by molar-refractivity contribution is -0.127. The van der Waals surface area contributed by atoms with Gasteiger partial charge in [0, 0.05) is 57.7 Å². The van der Waals surface area contributed by atoms with Crippen LogP contribution in [0.4, 0.5) is 0 Å². The summed E-state index contributed by atoms with van der Waals surface area (Å²) in [6.07, 6.45) is 2.35. The Hall–Kier alpha value is -2.62. The molecule has 0 saturated carbocycles. The zero-order valence-electron chi connectivity index (χ0n) is 20.0. The van der Waals surface area contributed by atoms with Crippen LogP contribution < -0.4 is 16.0 Å². The van der Waals surface area contributed by atoms with Crippen molar-refractivity contribution in [1.29, 1.82) is 0 Å². The summed E-state index contributed by atoms with van der Waals surface area (Å²) in [5.41, 5.74) is 2.92. The smallest absolute Gasteiger partial charge is 0.251 e. The summed E-state index contributed by atoms with van der Waals surface area (Å²) in [6, 6.07) is 17.9. The summed E-state index contributed by atoms with van der Waals surface area (Å²) < 4.78 is 0. The van der Waals surface area contributed by atoms with E-state index in [4.69, 9.17) is 0 Å². The highest BCUT2D eigenvalue weighted by Gasteiger charge is 2.29. The van der Waals surface area contributed by atoms with Crippen molar-refractivity contribution in [3.8, 4) is 0 Å². The SMILES string of the molecule is CCCNC(=O)c1cccc(CNC(=NC)NCC2CC(=O)N(CCc3ccccc3)C2)c1.I. The summed E-state index contributed by atoms with van der Waals surface area (Å²) in [7, 11) is 1.73. The zero-order valence-corrected chi connectivity index (χ0v) is 22.4. The molecule has 3 rings (SSSR count). The van der Waals surface area contributed by atoms with Crippen molar-refractivity contribution < 1.29 is 9.59 Å². The fourth-order valence-electron chi connectivity index (χ4n) is 3.93. The quantitative estimate of drug-likeness (QED) is 0.230. The maximum Gasteiger partial charge on any atom is 0.251 e. The maximum atomic E-state index is 12.4. The summed E-state index contributed by atoms with van der Waals surface area (Å²) in [5, 5.41) is 9.54. The lowest BCUT2D eigenvalue weighted by Gasteiger charge is -2.18.